The molecule has 0 aliphatic rings. The number of hydrogen-bond acceptors (Lipinski definition) is 6. The summed E-state index contributed by atoms with van der Waals surface area (Å²) in [7, 11) is 0. The molecule has 1 amide bonds. The minimum Gasteiger partial charge on any atom is -0.299 e. The molecule has 0 aliphatic carbocycles. The van der Waals surface area contributed by atoms with E-state index in [1.165, 1.54) is 17.3 Å². The van der Waals surface area contributed by atoms with E-state index in [1.54, 1.807) is 12.4 Å². The predicted octanol–water partition coefficient (Wildman–Crippen LogP) is 5.01. The van der Waals surface area contributed by atoms with Gasteiger partial charge in [0, 0.05) is 29.2 Å². The van der Waals surface area contributed by atoms with E-state index in [0.717, 1.165) is 22.6 Å². The van der Waals surface area contributed by atoms with Crippen LogP contribution in [0.4, 0.5) is 0 Å². The highest BCUT2D eigenvalue weighted by atomic mass is 32.2. The molecule has 0 fully saturated rings. The normalized spacial score (nSPS) is 11.2. The van der Waals surface area contributed by atoms with E-state index in [0.29, 0.717) is 10.9 Å². The summed E-state index contributed by atoms with van der Waals surface area (Å²) in [5.41, 5.74) is 10.2. The molecule has 0 radical (unpaired) electrons. The number of hydrazine groups is 1. The molecule has 0 spiro atoms. The highest BCUT2D eigenvalue weighted by Crippen LogP contribution is 2.30. The van der Waals surface area contributed by atoms with Crippen molar-refractivity contribution in [1.29, 1.82) is 0 Å². The van der Waals surface area contributed by atoms with Gasteiger partial charge in [0.2, 0.25) is 5.91 Å². The number of benzene rings is 2. The van der Waals surface area contributed by atoms with Crippen LogP contribution in [0.25, 0.3) is 22.8 Å². The number of rotatable bonds is 8. The molecule has 0 atom stereocenters. The van der Waals surface area contributed by atoms with Crippen LogP contribution in [-0.4, -0.2) is 31.4 Å². The first-order valence-electron chi connectivity index (χ1n) is 11.2. The summed E-state index contributed by atoms with van der Waals surface area (Å²) in [4.78, 5) is 16.5. The van der Waals surface area contributed by atoms with Crippen molar-refractivity contribution >= 4 is 23.4 Å². The molecular weight excluding hydrogens is 456 g/mol. The van der Waals surface area contributed by atoms with Crippen LogP contribution in [0.1, 0.15) is 31.9 Å². The molecule has 0 saturated heterocycles. The zero-order chi connectivity index (χ0) is 24.8. The Morgan fingerprint density at radius 2 is 1.63 bits per heavy atom. The van der Waals surface area contributed by atoms with E-state index in [4.69, 9.17) is 0 Å². The van der Waals surface area contributed by atoms with Crippen molar-refractivity contribution < 1.29 is 4.79 Å². The van der Waals surface area contributed by atoms with E-state index < -0.39 is 0 Å². The lowest BCUT2D eigenvalue weighted by Gasteiger charge is -2.19. The van der Waals surface area contributed by atoms with Gasteiger partial charge in [-0.25, -0.2) is 0 Å². The molecule has 2 heterocycles. The summed E-state index contributed by atoms with van der Waals surface area (Å²) in [6.45, 7) is 10.5. The molecule has 35 heavy (non-hydrogen) atoms. The maximum absolute atomic E-state index is 12.5. The van der Waals surface area contributed by atoms with Gasteiger partial charge in [0.25, 0.3) is 0 Å². The maximum atomic E-state index is 12.5. The Bertz CT molecular complexity index is 1300. The first kappa shape index (κ1) is 24.2. The predicted molar refractivity (Wildman–Crippen MR) is 141 cm³/mol. The van der Waals surface area contributed by atoms with Crippen molar-refractivity contribution in [1.82, 2.24) is 30.6 Å². The summed E-state index contributed by atoms with van der Waals surface area (Å²) < 4.78 is 1.98. The van der Waals surface area contributed by atoms with Crippen LogP contribution in [0.15, 0.2) is 90.9 Å². The number of hydrogen-bond donors (Lipinski definition) is 2. The number of para-hydroxylation sites is 1. The lowest BCUT2D eigenvalue weighted by molar-refractivity contribution is -0.119. The van der Waals surface area contributed by atoms with Gasteiger partial charge >= 0.3 is 0 Å². The summed E-state index contributed by atoms with van der Waals surface area (Å²) >= 11 is 1.32. The highest BCUT2D eigenvalue weighted by Gasteiger charge is 2.19. The second kappa shape index (κ2) is 10.6. The molecule has 2 N–H and O–H groups in total. The first-order valence-corrected chi connectivity index (χ1v) is 12.2. The van der Waals surface area contributed by atoms with E-state index in [1.807, 2.05) is 47.0 Å². The van der Waals surface area contributed by atoms with Crippen molar-refractivity contribution in [2.24, 2.45) is 0 Å². The molecule has 0 aliphatic heterocycles. The molecule has 4 aromatic rings. The van der Waals surface area contributed by atoms with Gasteiger partial charge in [-0.2, -0.15) is 0 Å². The Kier molecular flexibility index (Phi) is 7.31. The number of amides is 1. The minimum atomic E-state index is -0.205. The van der Waals surface area contributed by atoms with Crippen LogP contribution < -0.4 is 10.9 Å². The third-order valence-electron chi connectivity index (χ3n) is 5.37. The van der Waals surface area contributed by atoms with E-state index in [-0.39, 0.29) is 17.1 Å². The third kappa shape index (κ3) is 5.96. The fraction of sp³-hybridized carbons (Fsp3) is 0.185. The Morgan fingerprint density at radius 1 is 0.943 bits per heavy atom. The number of thioether (sulfide) groups is 1. The highest BCUT2D eigenvalue weighted by molar-refractivity contribution is 7.99. The zero-order valence-electron chi connectivity index (χ0n) is 20.0. The summed E-state index contributed by atoms with van der Waals surface area (Å²) in [5, 5.41) is 9.51. The average molecular weight is 485 g/mol. The number of nitrogens with one attached hydrogen (secondary N) is 2. The molecule has 4 rings (SSSR count). The second-order valence-electron chi connectivity index (χ2n) is 8.98. The molecule has 0 unspecified atom stereocenters. The van der Waals surface area contributed by atoms with E-state index in [2.05, 4.69) is 77.6 Å². The quantitative estimate of drug-likeness (QED) is 0.270. The van der Waals surface area contributed by atoms with Crippen LogP contribution in [0.5, 0.6) is 0 Å². The van der Waals surface area contributed by atoms with Gasteiger partial charge in [0.15, 0.2) is 11.0 Å². The largest absolute Gasteiger partial charge is 0.299 e. The second-order valence-corrected chi connectivity index (χ2v) is 9.92. The number of carbonyl (C=O) groups is 1. The molecule has 0 bridgehead atoms. The van der Waals surface area contributed by atoms with Crippen LogP contribution >= 0.6 is 11.8 Å². The van der Waals surface area contributed by atoms with Crippen molar-refractivity contribution in [3.05, 3.63) is 96.8 Å². The van der Waals surface area contributed by atoms with Crippen molar-refractivity contribution in [2.45, 2.75) is 31.3 Å². The first-order chi connectivity index (χ1) is 16.8. The number of pyridine rings is 1. The Balaban J connectivity index is 1.50. The van der Waals surface area contributed by atoms with Crippen molar-refractivity contribution in [2.75, 3.05) is 5.75 Å². The van der Waals surface area contributed by atoms with E-state index in [9.17, 15) is 4.79 Å². The molecule has 8 heteroatoms. The van der Waals surface area contributed by atoms with Crippen LogP contribution in [-0.2, 0) is 10.2 Å². The van der Waals surface area contributed by atoms with Gasteiger partial charge in [-0.3, -0.25) is 25.2 Å². The van der Waals surface area contributed by atoms with Crippen LogP contribution in [0.2, 0.25) is 0 Å². The van der Waals surface area contributed by atoms with Gasteiger partial charge in [-0.05, 0) is 35.2 Å². The SMILES string of the molecule is C=C(NNC(=O)CSc1nnc(-c2ccc(C(C)(C)C)cc2)n1-c1ccccc1)c1ccncc1. The number of aromatic nitrogens is 4. The summed E-state index contributed by atoms with van der Waals surface area (Å²) in [6.07, 6.45) is 3.34. The lowest BCUT2D eigenvalue weighted by atomic mass is 9.87. The van der Waals surface area contributed by atoms with E-state index >= 15 is 0 Å². The monoisotopic (exact) mass is 484 g/mol. The maximum Gasteiger partial charge on any atom is 0.248 e. The van der Waals surface area contributed by atoms with Gasteiger partial charge in [0.1, 0.15) is 0 Å². The number of carbonyl (C=O) groups excluding carboxylic acids is 1. The fourth-order valence-corrected chi connectivity index (χ4v) is 4.17. The fourth-order valence-electron chi connectivity index (χ4n) is 3.42. The minimum absolute atomic E-state index is 0.0662. The van der Waals surface area contributed by atoms with Crippen LogP contribution in [0.3, 0.4) is 0 Å². The summed E-state index contributed by atoms with van der Waals surface area (Å²) in [6, 6.07) is 21.9. The Labute approximate surface area is 209 Å². The molecule has 7 nitrogen and oxygen atoms in total. The van der Waals surface area contributed by atoms with Gasteiger partial charge in [0.05, 0.1) is 11.4 Å². The Hall–Kier alpha value is -3.91. The van der Waals surface area contributed by atoms with Gasteiger partial charge in [-0.1, -0.05) is 81.6 Å². The number of nitrogens with zero attached hydrogens (tertiary/aromatic N) is 4. The van der Waals surface area contributed by atoms with Crippen LogP contribution in [0, 0.1) is 0 Å². The average Bonchev–Trinajstić information content (AvgIpc) is 3.30. The zero-order valence-corrected chi connectivity index (χ0v) is 20.8. The third-order valence-corrected chi connectivity index (χ3v) is 6.30. The molecule has 2 aromatic heterocycles. The Morgan fingerprint density at radius 3 is 2.29 bits per heavy atom. The molecule has 0 saturated carbocycles. The topological polar surface area (TPSA) is 84.7 Å². The molecular formula is C27H28N6OS. The smallest absolute Gasteiger partial charge is 0.248 e. The van der Waals surface area contributed by atoms with Crippen molar-refractivity contribution in [3.63, 3.8) is 0 Å². The summed E-state index contributed by atoms with van der Waals surface area (Å²) in [5.74, 6) is 0.678. The lowest BCUT2D eigenvalue weighted by Crippen LogP contribution is -2.37. The van der Waals surface area contributed by atoms with Crippen molar-refractivity contribution in [3.8, 4) is 17.1 Å². The van der Waals surface area contributed by atoms with Gasteiger partial charge < -0.3 is 0 Å². The molecule has 178 valence electrons. The standard InChI is InChI=1S/C27H28N6OS/c1-19(20-14-16-28-17-15-20)29-30-24(34)18-35-26-32-31-25(33(26)23-8-6-5-7-9-23)21-10-12-22(13-11-21)27(2,3)4/h5-17,29H,1,18H2,2-4H3,(H,30,34). The van der Waals surface area contributed by atoms with Gasteiger partial charge in [-0.15, -0.1) is 10.2 Å². The molecule has 2 aromatic carbocycles.